The van der Waals surface area contributed by atoms with Gasteiger partial charge in [-0.15, -0.1) is 0 Å². The van der Waals surface area contributed by atoms with E-state index in [4.69, 9.17) is 20.3 Å². The quantitative estimate of drug-likeness (QED) is 0.637. The molecule has 0 saturated carbocycles. The topological polar surface area (TPSA) is 137 Å². The van der Waals surface area contributed by atoms with Crippen LogP contribution in [0.4, 0.5) is 10.2 Å². The molecule has 9 nitrogen and oxygen atoms in total. The third-order valence-electron chi connectivity index (χ3n) is 2.68. The van der Waals surface area contributed by atoms with E-state index in [-0.39, 0.29) is 12.2 Å². The zero-order valence-corrected chi connectivity index (χ0v) is 11.0. The van der Waals surface area contributed by atoms with Crippen molar-refractivity contribution in [3.8, 4) is 0 Å². The maximum atomic E-state index is 13.8. The van der Waals surface area contributed by atoms with Crippen LogP contribution in [0.15, 0.2) is 17.1 Å². The van der Waals surface area contributed by atoms with Crippen LogP contribution in [0.5, 0.6) is 0 Å². The number of phosphoric ester groups is 1. The van der Waals surface area contributed by atoms with Crippen molar-refractivity contribution in [2.75, 3.05) is 12.3 Å². The number of hydrogen-bond donors (Lipinski definition) is 3. The predicted molar refractivity (Wildman–Crippen MR) is 64.3 cm³/mol. The molecule has 2 heterocycles. The number of alkyl halides is 1. The van der Waals surface area contributed by atoms with E-state index in [1.807, 2.05) is 0 Å². The maximum absolute atomic E-state index is 13.8. The van der Waals surface area contributed by atoms with E-state index < -0.39 is 38.6 Å². The number of nitrogens with two attached hydrogens (primary N) is 1. The van der Waals surface area contributed by atoms with Crippen LogP contribution in [0.25, 0.3) is 0 Å². The summed E-state index contributed by atoms with van der Waals surface area (Å²) in [5, 5.41) is 0. The van der Waals surface area contributed by atoms with Gasteiger partial charge < -0.3 is 20.3 Å². The van der Waals surface area contributed by atoms with Gasteiger partial charge in [0.05, 0.1) is 12.7 Å². The van der Waals surface area contributed by atoms with Crippen LogP contribution in [0, 0.1) is 0 Å². The van der Waals surface area contributed by atoms with Crippen LogP contribution < -0.4 is 11.4 Å². The normalized spacial score (nSPS) is 26.9. The largest absolute Gasteiger partial charge is 0.469 e. The number of halogens is 1. The van der Waals surface area contributed by atoms with Crippen LogP contribution >= 0.6 is 7.82 Å². The molecule has 112 valence electrons. The minimum Gasteiger partial charge on any atom is -0.383 e. The molecular formula is C9H13FN3O6P. The van der Waals surface area contributed by atoms with E-state index in [2.05, 4.69) is 9.51 Å². The number of nitrogens with zero attached hydrogens (tertiary/aromatic N) is 2. The Morgan fingerprint density at radius 1 is 1.65 bits per heavy atom. The van der Waals surface area contributed by atoms with Crippen molar-refractivity contribution in [2.24, 2.45) is 0 Å². The molecule has 1 aliphatic heterocycles. The van der Waals surface area contributed by atoms with Crippen molar-refractivity contribution in [3.63, 3.8) is 0 Å². The Kier molecular flexibility index (Phi) is 4.21. The standard InChI is InChI=1S/C9H13FN3O6P/c10-6-3-5(4-18-20(15,16)17)19-8(6)13-2-1-7(11)12-9(13)14/h1-2,5-6,8H,3-4H2,(H2,11,12,14)(H2,15,16,17). The zero-order chi connectivity index (χ0) is 14.9. The molecule has 0 radical (unpaired) electrons. The smallest absolute Gasteiger partial charge is 0.383 e. The van der Waals surface area contributed by atoms with Gasteiger partial charge in [0, 0.05) is 12.6 Å². The maximum Gasteiger partial charge on any atom is 0.469 e. The summed E-state index contributed by atoms with van der Waals surface area (Å²) < 4.78 is 34.8. The fourth-order valence-corrected chi connectivity index (χ4v) is 2.21. The number of ether oxygens (including phenoxy) is 1. The van der Waals surface area contributed by atoms with Gasteiger partial charge in [-0.2, -0.15) is 4.98 Å². The molecule has 3 atom stereocenters. The Labute approximate surface area is 112 Å². The molecule has 20 heavy (non-hydrogen) atoms. The molecule has 1 saturated heterocycles. The van der Waals surface area contributed by atoms with Crippen molar-refractivity contribution < 1.29 is 28.0 Å². The second-order valence-corrected chi connectivity index (χ2v) is 5.47. The summed E-state index contributed by atoms with van der Waals surface area (Å²) in [6.45, 7) is -0.474. The second-order valence-electron chi connectivity index (χ2n) is 4.23. The molecule has 4 N–H and O–H groups in total. The molecule has 3 unspecified atom stereocenters. The lowest BCUT2D eigenvalue weighted by molar-refractivity contribution is -0.0388. The highest BCUT2D eigenvalue weighted by Gasteiger charge is 2.38. The highest BCUT2D eigenvalue weighted by Crippen LogP contribution is 2.38. The molecule has 1 aromatic rings. The van der Waals surface area contributed by atoms with Crippen LogP contribution in [0.3, 0.4) is 0 Å². The van der Waals surface area contributed by atoms with Crippen molar-refractivity contribution >= 4 is 13.6 Å². The van der Waals surface area contributed by atoms with Gasteiger partial charge in [-0.3, -0.25) is 9.09 Å². The van der Waals surface area contributed by atoms with Gasteiger partial charge >= 0.3 is 13.5 Å². The number of hydrogen-bond acceptors (Lipinski definition) is 6. The van der Waals surface area contributed by atoms with Gasteiger partial charge in [-0.25, -0.2) is 13.8 Å². The molecule has 2 rings (SSSR count). The molecule has 11 heteroatoms. The molecule has 1 aliphatic rings. The number of rotatable bonds is 4. The average Bonchev–Trinajstić information content (AvgIpc) is 2.67. The van der Waals surface area contributed by atoms with Crippen LogP contribution in [0.1, 0.15) is 12.6 Å². The van der Waals surface area contributed by atoms with E-state index >= 15 is 0 Å². The lowest BCUT2D eigenvalue weighted by Gasteiger charge is -2.16. The van der Waals surface area contributed by atoms with E-state index in [1.165, 1.54) is 12.3 Å². The minimum atomic E-state index is -4.65. The summed E-state index contributed by atoms with van der Waals surface area (Å²) in [4.78, 5) is 32.1. The molecule has 0 aromatic carbocycles. The Morgan fingerprint density at radius 2 is 2.35 bits per heavy atom. The van der Waals surface area contributed by atoms with Gasteiger partial charge in [0.15, 0.2) is 6.23 Å². The average molecular weight is 309 g/mol. The Morgan fingerprint density at radius 3 is 2.95 bits per heavy atom. The second kappa shape index (κ2) is 5.58. The van der Waals surface area contributed by atoms with Crippen molar-refractivity contribution in [1.29, 1.82) is 0 Å². The SMILES string of the molecule is Nc1ccn(C2OC(COP(=O)(O)O)CC2F)c(=O)n1. The van der Waals surface area contributed by atoms with E-state index in [9.17, 15) is 13.8 Å². The number of phosphoric acid groups is 1. The van der Waals surface area contributed by atoms with Crippen molar-refractivity contribution in [1.82, 2.24) is 9.55 Å². The van der Waals surface area contributed by atoms with Crippen molar-refractivity contribution in [3.05, 3.63) is 22.7 Å². The highest BCUT2D eigenvalue weighted by molar-refractivity contribution is 7.46. The first-order chi connectivity index (χ1) is 9.26. The Balaban J connectivity index is 2.07. The highest BCUT2D eigenvalue weighted by atomic mass is 31.2. The summed E-state index contributed by atoms with van der Waals surface area (Å²) in [7, 11) is -4.65. The number of anilines is 1. The third-order valence-corrected chi connectivity index (χ3v) is 3.17. The number of aromatic nitrogens is 2. The minimum absolute atomic E-state index is 0.000961. The van der Waals surface area contributed by atoms with E-state index in [0.717, 1.165) is 4.57 Å². The lowest BCUT2D eigenvalue weighted by atomic mass is 10.2. The van der Waals surface area contributed by atoms with E-state index in [0.29, 0.717) is 0 Å². The van der Waals surface area contributed by atoms with Gasteiger partial charge in [0.1, 0.15) is 12.0 Å². The van der Waals surface area contributed by atoms with Gasteiger partial charge in [-0.05, 0) is 6.07 Å². The molecule has 1 aromatic heterocycles. The van der Waals surface area contributed by atoms with Crippen LogP contribution in [-0.2, 0) is 13.8 Å². The van der Waals surface area contributed by atoms with Crippen LogP contribution in [-0.4, -0.2) is 38.2 Å². The van der Waals surface area contributed by atoms with Gasteiger partial charge in [0.2, 0.25) is 0 Å². The lowest BCUT2D eigenvalue weighted by Crippen LogP contribution is -2.30. The zero-order valence-electron chi connectivity index (χ0n) is 10.1. The van der Waals surface area contributed by atoms with Crippen LogP contribution in [0.2, 0.25) is 0 Å². The Bertz CT molecular complexity index is 589. The summed E-state index contributed by atoms with van der Waals surface area (Å²) in [5.41, 5.74) is 4.55. The molecule has 0 aliphatic carbocycles. The summed E-state index contributed by atoms with van der Waals surface area (Å²) in [6.07, 6.45) is -2.52. The fourth-order valence-electron chi connectivity index (χ4n) is 1.85. The number of nitrogen functional groups attached to an aromatic ring is 1. The molecule has 0 bridgehead atoms. The molecular weight excluding hydrogens is 296 g/mol. The predicted octanol–water partition coefficient (Wildman–Crippen LogP) is -0.440. The van der Waals surface area contributed by atoms with E-state index in [1.54, 1.807) is 0 Å². The van der Waals surface area contributed by atoms with Gasteiger partial charge in [0.25, 0.3) is 0 Å². The summed E-state index contributed by atoms with van der Waals surface area (Å²) in [6, 6.07) is 1.32. The monoisotopic (exact) mass is 309 g/mol. The van der Waals surface area contributed by atoms with Crippen molar-refractivity contribution in [2.45, 2.75) is 24.9 Å². The molecule has 0 amide bonds. The first kappa shape index (κ1) is 15.1. The summed E-state index contributed by atoms with van der Waals surface area (Å²) in [5.74, 6) is 0.000961. The first-order valence-electron chi connectivity index (χ1n) is 5.60. The third kappa shape index (κ3) is 3.62. The molecule has 1 fully saturated rings. The first-order valence-corrected chi connectivity index (χ1v) is 7.13. The van der Waals surface area contributed by atoms with Gasteiger partial charge in [-0.1, -0.05) is 0 Å². The molecule has 0 spiro atoms. The fraction of sp³-hybridized carbons (Fsp3) is 0.556. The Hall–Kier alpha value is -1.32. The summed E-state index contributed by atoms with van der Waals surface area (Å²) >= 11 is 0.